The number of carbonyl (C=O) groups is 1. The molecule has 0 radical (unpaired) electrons. The molecular weight excluding hydrogens is 431 g/mol. The summed E-state index contributed by atoms with van der Waals surface area (Å²) in [6, 6.07) is 13.0. The average molecular weight is 445 g/mol. The fourth-order valence-corrected chi connectivity index (χ4v) is 2.92. The van der Waals surface area contributed by atoms with E-state index in [9.17, 15) is 4.79 Å². The number of carbonyl (C=O) groups excluding carboxylic acids is 1. The van der Waals surface area contributed by atoms with Crippen LogP contribution in [0.25, 0.3) is 0 Å². The number of rotatable bonds is 3. The van der Waals surface area contributed by atoms with Crippen molar-refractivity contribution in [2.24, 2.45) is 0 Å². The Kier molecular flexibility index (Phi) is 6.16. The van der Waals surface area contributed by atoms with Crippen LogP contribution in [0.15, 0.2) is 42.5 Å². The molecule has 2 aromatic carbocycles. The molecule has 1 amide bonds. The van der Waals surface area contributed by atoms with E-state index in [4.69, 9.17) is 23.8 Å². The quantitative estimate of drug-likeness (QED) is 0.535. The molecule has 114 valence electrons. The number of anilines is 1. The molecule has 0 saturated carbocycles. The van der Waals surface area contributed by atoms with Gasteiger partial charge in [-0.1, -0.05) is 30.7 Å². The maximum absolute atomic E-state index is 12.1. The van der Waals surface area contributed by atoms with Crippen molar-refractivity contribution in [3.63, 3.8) is 0 Å². The van der Waals surface area contributed by atoms with Crippen molar-refractivity contribution in [1.82, 2.24) is 5.32 Å². The van der Waals surface area contributed by atoms with Gasteiger partial charge >= 0.3 is 0 Å². The van der Waals surface area contributed by atoms with Crippen molar-refractivity contribution < 1.29 is 4.79 Å². The van der Waals surface area contributed by atoms with Crippen molar-refractivity contribution in [3.05, 3.63) is 62.2 Å². The van der Waals surface area contributed by atoms with E-state index in [0.717, 1.165) is 9.99 Å². The van der Waals surface area contributed by atoms with Gasteiger partial charge in [0.15, 0.2) is 5.11 Å². The van der Waals surface area contributed by atoms with Crippen molar-refractivity contribution in [2.45, 2.75) is 13.3 Å². The Labute approximate surface area is 153 Å². The smallest absolute Gasteiger partial charge is 0.257 e. The monoisotopic (exact) mass is 444 g/mol. The van der Waals surface area contributed by atoms with Gasteiger partial charge < -0.3 is 5.32 Å². The highest BCUT2D eigenvalue weighted by Gasteiger charge is 2.09. The van der Waals surface area contributed by atoms with Gasteiger partial charge in [-0.2, -0.15) is 0 Å². The molecule has 2 aromatic rings. The second-order valence-electron chi connectivity index (χ2n) is 4.58. The van der Waals surface area contributed by atoms with Crippen LogP contribution in [-0.4, -0.2) is 11.0 Å². The van der Waals surface area contributed by atoms with Crippen LogP contribution in [0.5, 0.6) is 0 Å². The summed E-state index contributed by atoms with van der Waals surface area (Å²) in [6.45, 7) is 2.07. The zero-order valence-electron chi connectivity index (χ0n) is 11.8. The molecule has 0 bridgehead atoms. The summed E-state index contributed by atoms with van der Waals surface area (Å²) < 4.78 is 1.03. The lowest BCUT2D eigenvalue weighted by Gasteiger charge is -2.11. The average Bonchev–Trinajstić information content (AvgIpc) is 2.50. The number of amides is 1. The highest BCUT2D eigenvalue weighted by molar-refractivity contribution is 14.1. The Hall–Kier alpha value is -1.18. The molecule has 0 atom stereocenters. The molecule has 3 nitrogen and oxygen atoms in total. The van der Waals surface area contributed by atoms with Crippen LogP contribution in [0.1, 0.15) is 22.8 Å². The Morgan fingerprint density at radius 2 is 1.91 bits per heavy atom. The van der Waals surface area contributed by atoms with Crippen molar-refractivity contribution >= 4 is 63.1 Å². The van der Waals surface area contributed by atoms with Crippen molar-refractivity contribution in [2.75, 3.05) is 5.32 Å². The van der Waals surface area contributed by atoms with Gasteiger partial charge in [0.1, 0.15) is 0 Å². The summed E-state index contributed by atoms with van der Waals surface area (Å²) >= 11 is 13.4. The first-order valence-electron chi connectivity index (χ1n) is 6.66. The molecular formula is C16H14ClIN2OS. The first-order chi connectivity index (χ1) is 10.5. The molecule has 0 aliphatic carbocycles. The fourth-order valence-electron chi connectivity index (χ4n) is 1.81. The van der Waals surface area contributed by atoms with Crippen LogP contribution in [0.3, 0.4) is 0 Å². The standard InChI is InChI=1S/C16H14ClIN2OS/c1-2-10-3-5-11(6-4-10)15(21)20-16(22)19-14-8-7-12(18)9-13(14)17/h3-9H,2H2,1H3,(H2,19,20,21,22). The van der Waals surface area contributed by atoms with Gasteiger partial charge in [0, 0.05) is 9.13 Å². The second kappa shape index (κ2) is 7.89. The van der Waals surface area contributed by atoms with E-state index in [1.165, 1.54) is 5.56 Å². The molecule has 0 saturated heterocycles. The van der Waals surface area contributed by atoms with Crippen LogP contribution in [-0.2, 0) is 6.42 Å². The van der Waals surface area contributed by atoms with Gasteiger partial charge in [-0.15, -0.1) is 0 Å². The van der Waals surface area contributed by atoms with Gasteiger partial charge in [0.25, 0.3) is 5.91 Å². The largest absolute Gasteiger partial charge is 0.331 e. The molecule has 22 heavy (non-hydrogen) atoms. The van der Waals surface area contributed by atoms with Gasteiger partial charge in [0.05, 0.1) is 10.7 Å². The Balaban J connectivity index is 2.00. The van der Waals surface area contributed by atoms with Crippen molar-refractivity contribution in [3.8, 4) is 0 Å². The van der Waals surface area contributed by atoms with Crippen molar-refractivity contribution in [1.29, 1.82) is 0 Å². The molecule has 2 N–H and O–H groups in total. The number of hydrogen-bond donors (Lipinski definition) is 2. The number of halogens is 2. The molecule has 0 aliphatic rings. The molecule has 2 rings (SSSR count). The van der Waals surface area contributed by atoms with Gasteiger partial charge in [-0.25, -0.2) is 0 Å². The third-order valence-electron chi connectivity index (χ3n) is 3.03. The van der Waals surface area contributed by atoms with E-state index >= 15 is 0 Å². The summed E-state index contributed by atoms with van der Waals surface area (Å²) in [4.78, 5) is 12.1. The van der Waals surface area contributed by atoms with Gasteiger partial charge in [-0.05, 0) is 77.1 Å². The lowest BCUT2D eigenvalue weighted by molar-refractivity contribution is 0.0977. The first-order valence-corrected chi connectivity index (χ1v) is 8.52. The molecule has 0 spiro atoms. The number of benzene rings is 2. The number of hydrogen-bond acceptors (Lipinski definition) is 2. The van der Waals surface area contributed by atoms with Gasteiger partial charge in [0.2, 0.25) is 0 Å². The van der Waals surface area contributed by atoms with Gasteiger partial charge in [-0.3, -0.25) is 10.1 Å². The lowest BCUT2D eigenvalue weighted by atomic mass is 10.1. The topological polar surface area (TPSA) is 41.1 Å². The Morgan fingerprint density at radius 1 is 1.23 bits per heavy atom. The third kappa shape index (κ3) is 4.66. The Bertz CT molecular complexity index is 704. The normalized spacial score (nSPS) is 10.1. The molecule has 0 aromatic heterocycles. The minimum absolute atomic E-state index is 0.215. The maximum atomic E-state index is 12.1. The number of nitrogens with one attached hydrogen (secondary N) is 2. The predicted molar refractivity (Wildman–Crippen MR) is 104 cm³/mol. The molecule has 6 heteroatoms. The number of thiocarbonyl (C=S) groups is 1. The molecule has 0 fully saturated rings. The minimum atomic E-state index is -0.248. The van der Waals surface area contributed by atoms with Crippen LogP contribution in [0.2, 0.25) is 5.02 Å². The molecule has 0 aliphatic heterocycles. The van der Waals surface area contributed by atoms with E-state index in [-0.39, 0.29) is 11.0 Å². The summed E-state index contributed by atoms with van der Waals surface area (Å²) in [5, 5.41) is 6.34. The first kappa shape index (κ1) is 17.2. The van der Waals surface area contributed by atoms with E-state index in [1.54, 1.807) is 12.1 Å². The highest BCUT2D eigenvalue weighted by atomic mass is 127. The molecule has 0 unspecified atom stereocenters. The molecule has 0 heterocycles. The van der Waals surface area contributed by atoms with Crippen LogP contribution >= 0.6 is 46.4 Å². The van der Waals surface area contributed by atoms with E-state index in [2.05, 4.69) is 40.1 Å². The third-order valence-corrected chi connectivity index (χ3v) is 4.22. The lowest BCUT2D eigenvalue weighted by Crippen LogP contribution is -2.34. The zero-order chi connectivity index (χ0) is 16.1. The van der Waals surface area contributed by atoms with E-state index < -0.39 is 0 Å². The Morgan fingerprint density at radius 3 is 2.50 bits per heavy atom. The fraction of sp³-hybridized carbons (Fsp3) is 0.125. The van der Waals surface area contributed by atoms with Crippen LogP contribution in [0, 0.1) is 3.57 Å². The summed E-state index contributed by atoms with van der Waals surface area (Å²) in [5.74, 6) is -0.248. The minimum Gasteiger partial charge on any atom is -0.331 e. The predicted octanol–water partition coefficient (Wildman–Crippen LogP) is 4.63. The SMILES string of the molecule is CCc1ccc(C(=O)NC(=S)Nc2ccc(I)cc2Cl)cc1. The summed E-state index contributed by atoms with van der Waals surface area (Å²) in [5.41, 5.74) is 2.41. The second-order valence-corrected chi connectivity index (χ2v) is 6.64. The highest BCUT2D eigenvalue weighted by Crippen LogP contribution is 2.23. The van der Waals surface area contributed by atoms with E-state index in [1.807, 2.05) is 30.3 Å². The summed E-state index contributed by atoms with van der Waals surface area (Å²) in [7, 11) is 0. The van der Waals surface area contributed by atoms with Crippen LogP contribution < -0.4 is 10.6 Å². The summed E-state index contributed by atoms with van der Waals surface area (Å²) in [6.07, 6.45) is 0.938. The zero-order valence-corrected chi connectivity index (χ0v) is 15.6. The maximum Gasteiger partial charge on any atom is 0.257 e. The number of aryl methyl sites for hydroxylation is 1. The van der Waals surface area contributed by atoms with E-state index in [0.29, 0.717) is 16.3 Å². The van der Waals surface area contributed by atoms with Crippen LogP contribution in [0.4, 0.5) is 5.69 Å².